The summed E-state index contributed by atoms with van der Waals surface area (Å²) in [5, 5.41) is 0.551. The van der Waals surface area contributed by atoms with Crippen LogP contribution in [0.15, 0.2) is 12.1 Å². The van der Waals surface area contributed by atoms with Gasteiger partial charge in [-0.25, -0.2) is 0 Å². The van der Waals surface area contributed by atoms with Gasteiger partial charge in [0.25, 0.3) is 0 Å². The number of hydrogen-bond donors (Lipinski definition) is 1. The molecule has 0 radical (unpaired) electrons. The van der Waals surface area contributed by atoms with Crippen LogP contribution in [-0.4, -0.2) is 19.4 Å². The number of fused-ring (bicyclic) bond motifs is 1. The largest absolute Gasteiger partial charge is 0.399 e. The second-order valence-corrected chi connectivity index (χ2v) is 3.90. The van der Waals surface area contributed by atoms with Crippen LogP contribution >= 0.6 is 11.6 Å². The van der Waals surface area contributed by atoms with E-state index in [2.05, 4.69) is 0 Å². The lowest BCUT2D eigenvalue weighted by Gasteiger charge is -2.27. The van der Waals surface area contributed by atoms with E-state index in [1.54, 1.807) is 12.1 Å². The summed E-state index contributed by atoms with van der Waals surface area (Å²) >= 11 is 6.03. The minimum Gasteiger partial charge on any atom is -0.399 e. The van der Waals surface area contributed by atoms with Crippen molar-refractivity contribution in [2.45, 2.75) is 6.42 Å². The zero-order valence-electron chi connectivity index (χ0n) is 7.88. The third kappa shape index (κ3) is 1.34. The highest BCUT2D eigenvalue weighted by Gasteiger charge is 2.23. The molecule has 0 aliphatic carbocycles. The van der Waals surface area contributed by atoms with Gasteiger partial charge in [-0.1, -0.05) is 11.6 Å². The van der Waals surface area contributed by atoms with Crippen LogP contribution in [0.4, 0.5) is 11.4 Å². The molecule has 1 heterocycles. The maximum atomic E-state index is 11.6. The van der Waals surface area contributed by atoms with E-state index in [0.29, 0.717) is 22.7 Å². The molecule has 3 nitrogen and oxygen atoms in total. The van der Waals surface area contributed by atoms with Gasteiger partial charge >= 0.3 is 0 Å². The number of carbonyl (C=O) groups is 1. The first-order valence-electron chi connectivity index (χ1n) is 4.43. The second kappa shape index (κ2) is 3.17. The molecule has 4 heteroatoms. The van der Waals surface area contributed by atoms with Gasteiger partial charge in [-0.05, 0) is 12.1 Å². The summed E-state index contributed by atoms with van der Waals surface area (Å²) in [7, 11) is 1.92. The van der Waals surface area contributed by atoms with Crippen molar-refractivity contribution in [2.24, 2.45) is 0 Å². The van der Waals surface area contributed by atoms with Crippen LogP contribution in [0.2, 0.25) is 5.02 Å². The normalized spacial score (nSPS) is 15.6. The molecule has 0 amide bonds. The Hall–Kier alpha value is -1.22. The Kier molecular flexibility index (Phi) is 2.11. The summed E-state index contributed by atoms with van der Waals surface area (Å²) in [5.41, 5.74) is 7.62. The van der Waals surface area contributed by atoms with Crippen LogP contribution in [0.1, 0.15) is 16.8 Å². The highest BCUT2D eigenvalue weighted by Crippen LogP contribution is 2.35. The number of ketones is 1. The molecule has 0 aromatic heterocycles. The van der Waals surface area contributed by atoms with E-state index < -0.39 is 0 Å². The van der Waals surface area contributed by atoms with Crippen molar-refractivity contribution in [1.29, 1.82) is 0 Å². The fourth-order valence-corrected chi connectivity index (χ4v) is 2.11. The fraction of sp³-hybridized carbons (Fsp3) is 0.300. The average Bonchev–Trinajstić information content (AvgIpc) is 2.10. The Labute approximate surface area is 87.4 Å². The predicted octanol–water partition coefficient (Wildman–Crippen LogP) is 1.94. The van der Waals surface area contributed by atoms with Gasteiger partial charge in [0, 0.05) is 31.3 Å². The minimum atomic E-state index is 0.118. The van der Waals surface area contributed by atoms with E-state index in [-0.39, 0.29) is 5.78 Å². The highest BCUT2D eigenvalue weighted by molar-refractivity contribution is 6.34. The number of carbonyl (C=O) groups excluding carboxylic acids is 1. The number of Topliss-reactive ketones (excluding diaryl/α,β-unsaturated/α-hetero) is 1. The van der Waals surface area contributed by atoms with E-state index in [4.69, 9.17) is 17.3 Å². The van der Waals surface area contributed by atoms with Gasteiger partial charge in [-0.15, -0.1) is 0 Å². The number of benzene rings is 1. The topological polar surface area (TPSA) is 46.3 Å². The maximum Gasteiger partial charge on any atom is 0.166 e. The summed E-state index contributed by atoms with van der Waals surface area (Å²) in [6, 6.07) is 3.37. The number of nitrogens with two attached hydrogens (primary N) is 1. The first-order valence-corrected chi connectivity index (χ1v) is 4.81. The van der Waals surface area contributed by atoms with E-state index in [1.807, 2.05) is 11.9 Å². The van der Waals surface area contributed by atoms with Crippen LogP contribution in [0.25, 0.3) is 0 Å². The monoisotopic (exact) mass is 210 g/mol. The zero-order valence-corrected chi connectivity index (χ0v) is 8.64. The SMILES string of the molecule is CN1CCC(=O)c2cc(N)cc(Cl)c21. The number of halogens is 1. The van der Waals surface area contributed by atoms with Gasteiger partial charge < -0.3 is 10.6 Å². The molecule has 0 bridgehead atoms. The van der Waals surface area contributed by atoms with Crippen molar-refractivity contribution in [3.63, 3.8) is 0 Å². The van der Waals surface area contributed by atoms with Crippen molar-refractivity contribution in [2.75, 3.05) is 24.2 Å². The Morgan fingerprint density at radius 2 is 2.21 bits per heavy atom. The smallest absolute Gasteiger partial charge is 0.166 e. The molecule has 0 atom stereocenters. The first-order chi connectivity index (χ1) is 6.59. The Morgan fingerprint density at radius 1 is 1.50 bits per heavy atom. The molecule has 1 aromatic carbocycles. The maximum absolute atomic E-state index is 11.6. The van der Waals surface area contributed by atoms with Crippen molar-refractivity contribution >= 4 is 28.8 Å². The molecule has 14 heavy (non-hydrogen) atoms. The van der Waals surface area contributed by atoms with Crippen LogP contribution in [0, 0.1) is 0 Å². The van der Waals surface area contributed by atoms with Crippen LogP contribution < -0.4 is 10.6 Å². The molecule has 1 aliphatic heterocycles. The molecular weight excluding hydrogens is 200 g/mol. The molecule has 0 spiro atoms. The third-order valence-corrected chi connectivity index (χ3v) is 2.73. The molecular formula is C10H11ClN2O. The predicted molar refractivity (Wildman–Crippen MR) is 58.1 cm³/mol. The molecule has 0 saturated carbocycles. The summed E-state index contributed by atoms with van der Waals surface area (Å²) in [6.07, 6.45) is 0.531. The van der Waals surface area contributed by atoms with E-state index in [1.165, 1.54) is 0 Å². The number of hydrogen-bond acceptors (Lipinski definition) is 3. The lowest BCUT2D eigenvalue weighted by Crippen LogP contribution is -2.28. The molecule has 1 aliphatic rings. The van der Waals surface area contributed by atoms with Crippen LogP contribution in [0.5, 0.6) is 0 Å². The number of nitrogen functional groups attached to an aromatic ring is 1. The van der Waals surface area contributed by atoms with Gasteiger partial charge in [-0.2, -0.15) is 0 Å². The molecule has 1 aromatic rings. The van der Waals surface area contributed by atoms with E-state index in [9.17, 15) is 4.79 Å². The van der Waals surface area contributed by atoms with Gasteiger partial charge in [0.15, 0.2) is 5.78 Å². The summed E-state index contributed by atoms with van der Waals surface area (Å²) in [5.74, 6) is 0.118. The summed E-state index contributed by atoms with van der Waals surface area (Å²) in [6.45, 7) is 0.718. The second-order valence-electron chi connectivity index (χ2n) is 3.49. The van der Waals surface area contributed by atoms with Crippen molar-refractivity contribution in [1.82, 2.24) is 0 Å². The third-order valence-electron chi connectivity index (χ3n) is 2.44. The Bertz CT molecular complexity index is 403. The van der Waals surface area contributed by atoms with Crippen molar-refractivity contribution in [3.8, 4) is 0 Å². The number of rotatable bonds is 0. The Morgan fingerprint density at radius 3 is 2.93 bits per heavy atom. The van der Waals surface area contributed by atoms with Crippen molar-refractivity contribution in [3.05, 3.63) is 22.7 Å². The summed E-state index contributed by atoms with van der Waals surface area (Å²) in [4.78, 5) is 13.6. The molecule has 0 saturated heterocycles. The molecule has 0 fully saturated rings. The zero-order chi connectivity index (χ0) is 10.3. The van der Waals surface area contributed by atoms with Gasteiger partial charge in [0.1, 0.15) is 0 Å². The standard InChI is InChI=1S/C10H11ClN2O/c1-13-3-2-9(14)7-4-6(12)5-8(11)10(7)13/h4-5H,2-3,12H2,1H3. The number of nitrogens with zero attached hydrogens (tertiary/aromatic N) is 1. The van der Waals surface area contributed by atoms with Gasteiger partial charge in [0.05, 0.1) is 10.7 Å². The minimum absolute atomic E-state index is 0.118. The highest BCUT2D eigenvalue weighted by atomic mass is 35.5. The molecule has 2 N–H and O–H groups in total. The lowest BCUT2D eigenvalue weighted by molar-refractivity contribution is 0.0980. The fourth-order valence-electron chi connectivity index (χ4n) is 1.74. The Balaban J connectivity index is 2.66. The van der Waals surface area contributed by atoms with E-state index in [0.717, 1.165) is 12.2 Å². The van der Waals surface area contributed by atoms with Crippen LogP contribution in [0.3, 0.4) is 0 Å². The lowest BCUT2D eigenvalue weighted by atomic mass is 10.0. The molecule has 74 valence electrons. The first kappa shape index (κ1) is 9.34. The quantitative estimate of drug-likeness (QED) is 0.666. The number of anilines is 2. The summed E-state index contributed by atoms with van der Waals surface area (Å²) < 4.78 is 0. The van der Waals surface area contributed by atoms with Gasteiger partial charge in [-0.3, -0.25) is 4.79 Å². The molecule has 0 unspecified atom stereocenters. The van der Waals surface area contributed by atoms with E-state index >= 15 is 0 Å². The van der Waals surface area contributed by atoms with Crippen LogP contribution in [-0.2, 0) is 0 Å². The molecule has 2 rings (SSSR count). The van der Waals surface area contributed by atoms with Crippen molar-refractivity contribution < 1.29 is 4.79 Å². The average molecular weight is 211 g/mol. The van der Waals surface area contributed by atoms with Gasteiger partial charge in [0.2, 0.25) is 0 Å².